The molecule has 1 aliphatic rings. The highest BCUT2D eigenvalue weighted by atomic mass is 16.5. The van der Waals surface area contributed by atoms with Crippen molar-refractivity contribution in [3.05, 3.63) is 0 Å². The van der Waals surface area contributed by atoms with E-state index in [-0.39, 0.29) is 0 Å². The Bertz CT molecular complexity index is 26.7. The van der Waals surface area contributed by atoms with Gasteiger partial charge < -0.3 is 5.21 Å². The summed E-state index contributed by atoms with van der Waals surface area (Å²) in [5.41, 5.74) is 0. The summed E-state index contributed by atoms with van der Waals surface area (Å²) in [6, 6.07) is 0. The van der Waals surface area contributed by atoms with E-state index < -0.39 is 0 Å². The third-order valence-electron chi connectivity index (χ3n) is 0.424. The summed E-state index contributed by atoms with van der Waals surface area (Å²) >= 11 is 0. The molecule has 1 aliphatic heterocycles. The Hall–Kier alpha value is -0.0800. The monoisotopic (exact) mass is 89.1 g/mol. The molecular weight excluding hydrogens is 78.0 g/mol. The third kappa shape index (κ3) is 3.92. The van der Waals surface area contributed by atoms with Gasteiger partial charge in [-0.3, -0.25) is 0 Å². The fraction of sp³-hybridized carbons (Fsp3) is 1.00. The summed E-state index contributed by atoms with van der Waals surface area (Å²) in [4.78, 5) is 0. The topological polar surface area (TPSA) is 23.2 Å². The average Bonchev–Trinajstić information content (AvgIpc) is 2.30. The van der Waals surface area contributed by atoms with Crippen LogP contribution in [-0.2, 0) is 0 Å². The molecule has 1 heterocycles. The van der Waals surface area contributed by atoms with Crippen LogP contribution >= 0.6 is 0 Å². The summed E-state index contributed by atoms with van der Waals surface area (Å²) in [6.45, 7) is 5.75. The maximum Gasteiger partial charge on any atom is 0.0389 e. The van der Waals surface area contributed by atoms with Gasteiger partial charge in [0.15, 0.2) is 0 Å². The lowest BCUT2D eigenvalue weighted by molar-refractivity contribution is 0.0349. The predicted molar refractivity (Wildman–Crippen MR) is 24.7 cm³/mol. The van der Waals surface area contributed by atoms with E-state index in [4.69, 9.17) is 5.21 Å². The molecule has 0 spiro atoms. The number of nitrogens with zero attached hydrogens (tertiary/aromatic N) is 1. The molecule has 0 aromatic carbocycles. The Labute approximate surface area is 38.3 Å². The van der Waals surface area contributed by atoms with Crippen molar-refractivity contribution in [3.8, 4) is 0 Å². The zero-order chi connectivity index (χ0) is 4.99. The van der Waals surface area contributed by atoms with E-state index in [1.54, 1.807) is 0 Å². The first-order chi connectivity index (χ1) is 2.89. The maximum absolute atomic E-state index is 8.00. The SMILES string of the molecule is CC.ON1CC1. The molecule has 1 fully saturated rings. The quantitative estimate of drug-likeness (QED) is 0.442. The van der Waals surface area contributed by atoms with Crippen LogP contribution in [0.25, 0.3) is 0 Å². The predicted octanol–water partition coefficient (Wildman–Crippen LogP) is 0.717. The van der Waals surface area contributed by atoms with Crippen LogP contribution in [0.2, 0.25) is 0 Å². The zero-order valence-electron chi connectivity index (χ0n) is 4.31. The second-order valence-corrected chi connectivity index (χ2v) is 0.954. The number of hydrogen-bond donors (Lipinski definition) is 1. The molecule has 2 nitrogen and oxygen atoms in total. The Kier molecular flexibility index (Phi) is 3.08. The van der Waals surface area contributed by atoms with E-state index in [1.165, 1.54) is 5.06 Å². The number of hydrogen-bond acceptors (Lipinski definition) is 2. The fourth-order valence-electron chi connectivity index (χ4n) is 0.0447. The summed E-state index contributed by atoms with van der Waals surface area (Å²) in [7, 11) is 0. The summed E-state index contributed by atoms with van der Waals surface area (Å²) in [6.07, 6.45) is 0. The van der Waals surface area contributed by atoms with E-state index >= 15 is 0 Å². The third-order valence-corrected chi connectivity index (χ3v) is 0.424. The fourth-order valence-corrected chi connectivity index (χ4v) is 0.0447. The molecular formula is C4H11NO. The molecule has 38 valence electrons. The van der Waals surface area contributed by atoms with Crippen LogP contribution in [0.4, 0.5) is 0 Å². The van der Waals surface area contributed by atoms with E-state index in [2.05, 4.69) is 0 Å². The first-order valence-corrected chi connectivity index (χ1v) is 2.33. The maximum atomic E-state index is 8.00. The van der Waals surface area contributed by atoms with Crippen molar-refractivity contribution >= 4 is 0 Å². The van der Waals surface area contributed by atoms with Gasteiger partial charge in [0.2, 0.25) is 0 Å². The number of hydroxylamine groups is 2. The van der Waals surface area contributed by atoms with Gasteiger partial charge in [-0.2, -0.15) is 5.06 Å². The molecule has 0 unspecified atom stereocenters. The van der Waals surface area contributed by atoms with E-state index in [0.717, 1.165) is 13.1 Å². The van der Waals surface area contributed by atoms with Gasteiger partial charge in [0.25, 0.3) is 0 Å². The summed E-state index contributed by atoms with van der Waals surface area (Å²) in [5.74, 6) is 0. The smallest absolute Gasteiger partial charge is 0.0389 e. The lowest BCUT2D eigenvalue weighted by Gasteiger charge is -1.67. The molecule has 2 heteroatoms. The minimum absolute atomic E-state index is 0.875. The molecule has 0 atom stereocenters. The molecule has 0 saturated carbocycles. The molecule has 1 rings (SSSR count). The van der Waals surface area contributed by atoms with Crippen molar-refractivity contribution in [2.45, 2.75) is 13.8 Å². The molecule has 0 aromatic heterocycles. The highest BCUT2D eigenvalue weighted by Gasteiger charge is 2.10. The van der Waals surface area contributed by atoms with Gasteiger partial charge in [-0.1, -0.05) is 13.8 Å². The average molecular weight is 89.1 g/mol. The van der Waals surface area contributed by atoms with Crippen molar-refractivity contribution in [3.63, 3.8) is 0 Å². The second kappa shape index (κ2) is 3.12. The van der Waals surface area contributed by atoms with Gasteiger partial charge in [0, 0.05) is 13.1 Å². The van der Waals surface area contributed by atoms with Crippen LogP contribution in [0.1, 0.15) is 13.8 Å². The minimum Gasteiger partial charge on any atom is -0.314 e. The highest BCUT2D eigenvalue weighted by molar-refractivity contribution is 4.57. The van der Waals surface area contributed by atoms with Crippen molar-refractivity contribution in [1.29, 1.82) is 0 Å². The molecule has 0 bridgehead atoms. The lowest BCUT2D eigenvalue weighted by atomic mass is 11.0. The van der Waals surface area contributed by atoms with Gasteiger partial charge in [-0.15, -0.1) is 0 Å². The largest absolute Gasteiger partial charge is 0.314 e. The van der Waals surface area contributed by atoms with Gasteiger partial charge in [-0.05, 0) is 0 Å². The van der Waals surface area contributed by atoms with Crippen molar-refractivity contribution in [1.82, 2.24) is 5.06 Å². The lowest BCUT2D eigenvalue weighted by Crippen LogP contribution is -1.77. The van der Waals surface area contributed by atoms with Gasteiger partial charge in [0.1, 0.15) is 0 Å². The zero-order valence-corrected chi connectivity index (χ0v) is 4.31. The summed E-state index contributed by atoms with van der Waals surface area (Å²) in [5, 5.41) is 9.25. The minimum atomic E-state index is 0.875. The van der Waals surface area contributed by atoms with Crippen LogP contribution in [0, 0.1) is 0 Å². The van der Waals surface area contributed by atoms with Crippen molar-refractivity contribution in [2.24, 2.45) is 0 Å². The Morgan fingerprint density at radius 3 is 1.50 bits per heavy atom. The second-order valence-electron chi connectivity index (χ2n) is 0.954. The highest BCUT2D eigenvalue weighted by Crippen LogP contribution is 1.92. The molecule has 6 heavy (non-hydrogen) atoms. The van der Waals surface area contributed by atoms with Crippen LogP contribution in [-0.4, -0.2) is 23.4 Å². The molecule has 0 aromatic rings. The Morgan fingerprint density at radius 2 is 1.50 bits per heavy atom. The van der Waals surface area contributed by atoms with Crippen LogP contribution in [0.15, 0.2) is 0 Å². The number of rotatable bonds is 0. The van der Waals surface area contributed by atoms with Crippen molar-refractivity contribution in [2.75, 3.05) is 13.1 Å². The molecule has 0 amide bonds. The van der Waals surface area contributed by atoms with Crippen molar-refractivity contribution < 1.29 is 5.21 Å². The first-order valence-electron chi connectivity index (χ1n) is 2.33. The summed E-state index contributed by atoms with van der Waals surface area (Å²) < 4.78 is 0. The van der Waals surface area contributed by atoms with Crippen LogP contribution < -0.4 is 0 Å². The Balaban J connectivity index is 0.000000112. The molecule has 0 aliphatic carbocycles. The van der Waals surface area contributed by atoms with Crippen LogP contribution in [0.5, 0.6) is 0 Å². The van der Waals surface area contributed by atoms with E-state index in [1.807, 2.05) is 13.8 Å². The normalized spacial score (nSPS) is 18.5. The molecule has 0 radical (unpaired) electrons. The molecule has 1 saturated heterocycles. The van der Waals surface area contributed by atoms with Crippen LogP contribution in [0.3, 0.4) is 0 Å². The molecule has 1 N–H and O–H groups in total. The van der Waals surface area contributed by atoms with Gasteiger partial charge in [0.05, 0.1) is 0 Å². The Morgan fingerprint density at radius 1 is 1.33 bits per heavy atom. The van der Waals surface area contributed by atoms with Gasteiger partial charge in [-0.25, -0.2) is 0 Å². The standard InChI is InChI=1S/C2H5NO.C2H6/c4-3-1-2-3;1-2/h4H,1-2H2;1-2H3. The van der Waals surface area contributed by atoms with Gasteiger partial charge >= 0.3 is 0 Å². The first kappa shape index (κ1) is 5.92. The van der Waals surface area contributed by atoms with E-state index in [9.17, 15) is 0 Å². The van der Waals surface area contributed by atoms with E-state index in [0.29, 0.717) is 0 Å².